The van der Waals surface area contributed by atoms with E-state index in [4.69, 9.17) is 9.47 Å². The number of hydrazone groups is 1. The highest BCUT2D eigenvalue weighted by Crippen LogP contribution is 2.23. The third-order valence-electron chi connectivity index (χ3n) is 4.83. The van der Waals surface area contributed by atoms with Crippen LogP contribution >= 0.6 is 0 Å². The average molecular weight is 443 g/mol. The number of hydrogen-bond acceptors (Lipinski definition) is 7. The number of nitrogens with one attached hydrogen (secondary N) is 3. The Morgan fingerprint density at radius 2 is 1.82 bits per heavy atom. The lowest BCUT2D eigenvalue weighted by Gasteiger charge is -2.08. The van der Waals surface area contributed by atoms with E-state index in [1.807, 2.05) is 6.07 Å². The number of ether oxygens (including phenoxy) is 2. The Morgan fingerprint density at radius 1 is 1.03 bits per heavy atom. The van der Waals surface area contributed by atoms with Gasteiger partial charge in [-0.05, 0) is 48.5 Å². The van der Waals surface area contributed by atoms with Crippen molar-refractivity contribution in [3.8, 4) is 11.5 Å². The summed E-state index contributed by atoms with van der Waals surface area (Å²) in [7, 11) is 3.12. The molecule has 0 bridgehead atoms. The van der Waals surface area contributed by atoms with Gasteiger partial charge in [0, 0.05) is 22.9 Å². The number of carbonyl (C=O) groups excluding carboxylic acids is 1. The van der Waals surface area contributed by atoms with Crippen molar-refractivity contribution in [1.29, 1.82) is 0 Å². The lowest BCUT2D eigenvalue weighted by molar-refractivity contribution is 0.0955. The van der Waals surface area contributed by atoms with Gasteiger partial charge in [-0.2, -0.15) is 5.10 Å². The zero-order chi connectivity index (χ0) is 23.2. The molecule has 3 N–H and O–H groups in total. The summed E-state index contributed by atoms with van der Waals surface area (Å²) in [6.45, 7) is 0. The molecule has 0 saturated carbocycles. The number of carbonyl (C=O) groups is 1. The molecular formula is C24H21N5O4. The highest BCUT2D eigenvalue weighted by atomic mass is 16.5. The molecule has 0 radical (unpaired) electrons. The van der Waals surface area contributed by atoms with Crippen LogP contribution in [0.5, 0.6) is 11.5 Å². The van der Waals surface area contributed by atoms with Crippen LogP contribution < -0.4 is 25.8 Å². The number of aromatic nitrogens is 2. The molecule has 1 amide bonds. The fraction of sp³-hybridized carbons (Fsp3) is 0.0833. The summed E-state index contributed by atoms with van der Waals surface area (Å²) in [5.41, 5.74) is 4.61. The van der Waals surface area contributed by atoms with E-state index < -0.39 is 0 Å². The van der Waals surface area contributed by atoms with Crippen molar-refractivity contribution in [3.05, 3.63) is 88.2 Å². The summed E-state index contributed by atoms with van der Waals surface area (Å²) >= 11 is 0. The highest BCUT2D eigenvalue weighted by molar-refractivity contribution is 5.95. The molecule has 0 saturated heterocycles. The number of para-hydroxylation sites is 1. The summed E-state index contributed by atoms with van der Waals surface area (Å²) in [6.07, 6.45) is 1.49. The molecule has 3 aromatic carbocycles. The van der Waals surface area contributed by atoms with Crippen molar-refractivity contribution in [2.24, 2.45) is 5.10 Å². The van der Waals surface area contributed by atoms with Crippen LogP contribution in [0, 0.1) is 0 Å². The van der Waals surface area contributed by atoms with Gasteiger partial charge < -0.3 is 14.8 Å². The number of rotatable bonds is 7. The molecule has 4 rings (SSSR count). The fourth-order valence-electron chi connectivity index (χ4n) is 3.14. The van der Waals surface area contributed by atoms with Gasteiger partial charge in [-0.3, -0.25) is 14.6 Å². The van der Waals surface area contributed by atoms with Crippen LogP contribution in [0.2, 0.25) is 0 Å². The maximum Gasteiger partial charge on any atom is 0.271 e. The number of amides is 1. The van der Waals surface area contributed by atoms with E-state index in [1.54, 1.807) is 74.9 Å². The molecule has 33 heavy (non-hydrogen) atoms. The first-order chi connectivity index (χ1) is 16.1. The Bertz CT molecular complexity index is 1380. The van der Waals surface area contributed by atoms with E-state index in [1.165, 1.54) is 6.21 Å². The summed E-state index contributed by atoms with van der Waals surface area (Å²) in [5.74, 6) is 1.17. The first-order valence-corrected chi connectivity index (χ1v) is 9.99. The van der Waals surface area contributed by atoms with Crippen LogP contribution in [0.4, 0.5) is 11.6 Å². The Hall–Kier alpha value is -4.66. The van der Waals surface area contributed by atoms with E-state index in [0.29, 0.717) is 45.2 Å². The van der Waals surface area contributed by atoms with Gasteiger partial charge in [0.1, 0.15) is 11.5 Å². The van der Waals surface area contributed by atoms with Crippen LogP contribution in [0.25, 0.3) is 10.9 Å². The van der Waals surface area contributed by atoms with E-state index >= 15 is 0 Å². The third-order valence-corrected chi connectivity index (χ3v) is 4.83. The maximum absolute atomic E-state index is 12.4. The van der Waals surface area contributed by atoms with E-state index in [2.05, 4.69) is 25.8 Å². The Morgan fingerprint density at radius 3 is 2.58 bits per heavy atom. The topological polar surface area (TPSA) is 118 Å². The standard InChI is InChI=1S/C24H21N5O4/c1-32-18-12-9-16(21(13-18)33-2)14-25-29-22(30)15-7-10-17(11-8-15)26-24-27-20-6-4-3-5-19(20)23(31)28-24/h3-14H,1-2H3,(H,29,30)(H2,26,27,28,31)/b25-14-. The second-order valence-electron chi connectivity index (χ2n) is 6.94. The number of fused-ring (bicyclic) bond motifs is 1. The smallest absolute Gasteiger partial charge is 0.271 e. The zero-order valence-electron chi connectivity index (χ0n) is 18.0. The van der Waals surface area contributed by atoms with Gasteiger partial charge in [0.2, 0.25) is 5.95 Å². The van der Waals surface area contributed by atoms with Gasteiger partial charge in [0.05, 0.1) is 31.3 Å². The molecule has 9 heteroatoms. The molecule has 166 valence electrons. The minimum atomic E-state index is -0.373. The SMILES string of the molecule is COc1ccc(/C=N\NC(=O)c2ccc(Nc3nc4ccccc4c(=O)[nH]3)cc2)c(OC)c1. The lowest BCUT2D eigenvalue weighted by atomic mass is 10.2. The van der Waals surface area contributed by atoms with Gasteiger partial charge in [-0.25, -0.2) is 10.4 Å². The molecule has 0 fully saturated rings. The van der Waals surface area contributed by atoms with Crippen molar-refractivity contribution < 1.29 is 14.3 Å². The van der Waals surface area contributed by atoms with Crippen LogP contribution in [-0.4, -0.2) is 36.3 Å². The van der Waals surface area contributed by atoms with Crippen molar-refractivity contribution in [2.45, 2.75) is 0 Å². The van der Waals surface area contributed by atoms with Crippen molar-refractivity contribution in [1.82, 2.24) is 15.4 Å². The van der Waals surface area contributed by atoms with Crippen LogP contribution in [-0.2, 0) is 0 Å². The van der Waals surface area contributed by atoms with Gasteiger partial charge in [0.25, 0.3) is 11.5 Å². The predicted octanol–water partition coefficient (Wildman–Crippen LogP) is 3.45. The zero-order valence-corrected chi connectivity index (χ0v) is 18.0. The van der Waals surface area contributed by atoms with E-state index in [0.717, 1.165) is 0 Å². The number of methoxy groups -OCH3 is 2. The number of nitrogens with zero attached hydrogens (tertiary/aromatic N) is 2. The number of hydrogen-bond donors (Lipinski definition) is 3. The maximum atomic E-state index is 12.4. The summed E-state index contributed by atoms with van der Waals surface area (Å²) in [5, 5.41) is 7.55. The molecule has 0 aliphatic rings. The minimum absolute atomic E-state index is 0.231. The Balaban J connectivity index is 1.41. The van der Waals surface area contributed by atoms with Crippen LogP contribution in [0.15, 0.2) is 76.6 Å². The van der Waals surface area contributed by atoms with Gasteiger partial charge in [-0.15, -0.1) is 0 Å². The number of aromatic amines is 1. The quantitative estimate of drug-likeness (QED) is 0.297. The van der Waals surface area contributed by atoms with Gasteiger partial charge in [0.15, 0.2) is 0 Å². The molecule has 9 nitrogen and oxygen atoms in total. The largest absolute Gasteiger partial charge is 0.497 e. The second kappa shape index (κ2) is 9.65. The number of anilines is 2. The Labute approximate surface area is 189 Å². The fourth-order valence-corrected chi connectivity index (χ4v) is 3.14. The summed E-state index contributed by atoms with van der Waals surface area (Å²) < 4.78 is 10.5. The van der Waals surface area contributed by atoms with Crippen molar-refractivity contribution in [2.75, 3.05) is 19.5 Å². The first-order valence-electron chi connectivity index (χ1n) is 9.99. The van der Waals surface area contributed by atoms with Gasteiger partial charge >= 0.3 is 0 Å². The molecule has 0 spiro atoms. The summed E-state index contributed by atoms with van der Waals surface area (Å²) in [4.78, 5) is 31.7. The van der Waals surface area contributed by atoms with Crippen molar-refractivity contribution in [3.63, 3.8) is 0 Å². The van der Waals surface area contributed by atoms with Crippen molar-refractivity contribution >= 4 is 34.7 Å². The third kappa shape index (κ3) is 4.99. The molecule has 0 aliphatic carbocycles. The number of H-pyrrole nitrogens is 1. The number of benzene rings is 3. The first kappa shape index (κ1) is 21.6. The average Bonchev–Trinajstić information content (AvgIpc) is 2.84. The van der Waals surface area contributed by atoms with E-state index in [-0.39, 0.29) is 11.5 Å². The molecular weight excluding hydrogens is 422 g/mol. The molecule has 1 heterocycles. The van der Waals surface area contributed by atoms with Gasteiger partial charge in [-0.1, -0.05) is 12.1 Å². The summed E-state index contributed by atoms with van der Waals surface area (Å²) in [6, 6.07) is 19.1. The highest BCUT2D eigenvalue weighted by Gasteiger charge is 2.07. The predicted molar refractivity (Wildman–Crippen MR) is 127 cm³/mol. The molecule has 0 unspecified atom stereocenters. The molecule has 1 aromatic heterocycles. The lowest BCUT2D eigenvalue weighted by Crippen LogP contribution is -2.17. The molecule has 0 atom stereocenters. The normalized spacial score (nSPS) is 10.8. The Kier molecular flexibility index (Phi) is 6.31. The van der Waals surface area contributed by atoms with Crippen LogP contribution in [0.1, 0.15) is 15.9 Å². The molecule has 4 aromatic rings. The van der Waals surface area contributed by atoms with Crippen LogP contribution in [0.3, 0.4) is 0 Å². The minimum Gasteiger partial charge on any atom is -0.497 e. The van der Waals surface area contributed by atoms with E-state index in [9.17, 15) is 9.59 Å². The second-order valence-corrected chi connectivity index (χ2v) is 6.94. The molecule has 0 aliphatic heterocycles. The monoisotopic (exact) mass is 443 g/mol.